The molecule has 0 fully saturated rings. The van der Waals surface area contributed by atoms with Gasteiger partial charge in [0.2, 0.25) is 5.91 Å². The van der Waals surface area contributed by atoms with Crippen molar-refractivity contribution >= 4 is 28.4 Å². The van der Waals surface area contributed by atoms with Crippen molar-refractivity contribution in [2.45, 2.75) is 18.9 Å². The van der Waals surface area contributed by atoms with Crippen LogP contribution in [0.4, 0.5) is 14.5 Å². The monoisotopic (exact) mass is 461 g/mol. The largest absolute Gasteiger partial charge is 0.477 e. The highest BCUT2D eigenvalue weighted by Gasteiger charge is 2.32. The maximum Gasteiger partial charge on any atom is 0.260 e. The van der Waals surface area contributed by atoms with Crippen LogP contribution >= 0.6 is 0 Å². The number of rotatable bonds is 5. The molecule has 3 aromatic carbocycles. The van der Waals surface area contributed by atoms with Gasteiger partial charge in [-0.15, -0.1) is 0 Å². The first-order valence-corrected chi connectivity index (χ1v) is 10.8. The summed E-state index contributed by atoms with van der Waals surface area (Å²) in [5.41, 5.74) is 8.90. The molecule has 0 unspecified atom stereocenters. The van der Waals surface area contributed by atoms with Crippen LogP contribution in [0.3, 0.4) is 0 Å². The zero-order valence-electron chi connectivity index (χ0n) is 18.1. The maximum absolute atomic E-state index is 14.1. The first-order chi connectivity index (χ1) is 16.4. The molecule has 0 saturated carbocycles. The van der Waals surface area contributed by atoms with Crippen LogP contribution in [-0.2, 0) is 16.0 Å². The molecule has 3 N–H and O–H groups in total. The van der Waals surface area contributed by atoms with Crippen molar-refractivity contribution < 1.29 is 23.1 Å². The summed E-state index contributed by atoms with van der Waals surface area (Å²) in [4.78, 5) is 29.9. The van der Waals surface area contributed by atoms with Crippen LogP contribution in [0.25, 0.3) is 22.2 Å². The summed E-state index contributed by atoms with van der Waals surface area (Å²) < 4.78 is 33.2. The summed E-state index contributed by atoms with van der Waals surface area (Å²) in [6.07, 6.45) is -0.552. The maximum atomic E-state index is 14.1. The summed E-state index contributed by atoms with van der Waals surface area (Å²) in [5, 5.41) is 0.657. The fourth-order valence-corrected chi connectivity index (χ4v) is 4.33. The molecule has 172 valence electrons. The Hall–Kier alpha value is -4.20. The van der Waals surface area contributed by atoms with Gasteiger partial charge in [-0.2, -0.15) is 0 Å². The van der Waals surface area contributed by atoms with Crippen molar-refractivity contribution in [1.29, 1.82) is 0 Å². The predicted octanol–water partition coefficient (Wildman–Crippen LogP) is 4.33. The van der Waals surface area contributed by atoms with E-state index in [-0.39, 0.29) is 24.7 Å². The lowest BCUT2D eigenvalue weighted by Gasteiger charge is -2.33. The van der Waals surface area contributed by atoms with E-state index in [9.17, 15) is 18.4 Å². The molecular weight excluding hydrogens is 440 g/mol. The predicted molar refractivity (Wildman–Crippen MR) is 124 cm³/mol. The third kappa shape index (κ3) is 3.98. The van der Waals surface area contributed by atoms with Gasteiger partial charge in [-0.25, -0.2) is 8.78 Å². The fraction of sp³-hybridized carbons (Fsp3) is 0.154. The molecular formula is C26H21F2N3O3. The van der Waals surface area contributed by atoms with E-state index in [2.05, 4.69) is 4.98 Å². The third-order valence-electron chi connectivity index (χ3n) is 5.98. The van der Waals surface area contributed by atoms with E-state index in [0.29, 0.717) is 34.5 Å². The van der Waals surface area contributed by atoms with Crippen LogP contribution < -0.4 is 15.4 Å². The van der Waals surface area contributed by atoms with Crippen LogP contribution in [-0.4, -0.2) is 29.4 Å². The number of nitrogens with one attached hydrogen (secondary N) is 1. The number of fused-ring (bicyclic) bond motifs is 2. The lowest BCUT2D eigenvalue weighted by molar-refractivity contribution is -0.125. The van der Waals surface area contributed by atoms with E-state index in [4.69, 9.17) is 10.5 Å². The van der Waals surface area contributed by atoms with Gasteiger partial charge in [0, 0.05) is 23.0 Å². The van der Waals surface area contributed by atoms with E-state index in [0.717, 1.165) is 11.1 Å². The molecule has 4 aromatic rings. The van der Waals surface area contributed by atoms with Crippen molar-refractivity contribution in [1.82, 2.24) is 4.98 Å². The number of hydrogen-bond acceptors (Lipinski definition) is 3. The fourth-order valence-electron chi connectivity index (χ4n) is 4.33. The Labute approximate surface area is 193 Å². The number of primary amides is 1. The van der Waals surface area contributed by atoms with Crippen LogP contribution in [0.1, 0.15) is 12.0 Å². The summed E-state index contributed by atoms with van der Waals surface area (Å²) in [6, 6.07) is 17.4. The molecule has 34 heavy (non-hydrogen) atoms. The quantitative estimate of drug-likeness (QED) is 0.464. The molecule has 0 bridgehead atoms. The molecule has 0 aliphatic carbocycles. The third-order valence-corrected chi connectivity index (χ3v) is 5.98. The normalized spacial score (nSPS) is 15.1. The van der Waals surface area contributed by atoms with Gasteiger partial charge in [-0.3, -0.25) is 9.59 Å². The summed E-state index contributed by atoms with van der Waals surface area (Å²) in [5.74, 6) is -1.23. The smallest absolute Gasteiger partial charge is 0.260 e. The van der Waals surface area contributed by atoms with E-state index in [1.54, 1.807) is 42.5 Å². The van der Waals surface area contributed by atoms with E-state index < -0.39 is 17.8 Å². The van der Waals surface area contributed by atoms with Gasteiger partial charge in [0.25, 0.3) is 5.91 Å². The van der Waals surface area contributed by atoms with Crippen molar-refractivity contribution in [3.8, 4) is 17.0 Å². The van der Waals surface area contributed by atoms with Gasteiger partial charge in [0.15, 0.2) is 6.10 Å². The Morgan fingerprint density at radius 2 is 1.76 bits per heavy atom. The van der Waals surface area contributed by atoms with Crippen LogP contribution in [0.2, 0.25) is 0 Å². The number of aromatic amines is 1. The number of nitrogens with zero attached hydrogens (tertiary/aromatic N) is 1. The minimum atomic E-state index is -0.948. The SMILES string of the molecule is NC(=O)[C@H]1CN(C(=O)CCc2c(-c3ccc(F)cc3)[nH]c3ccc(F)cc23)c2ccccc2O1. The summed E-state index contributed by atoms with van der Waals surface area (Å²) in [6.45, 7) is 0.0124. The zero-order valence-corrected chi connectivity index (χ0v) is 18.1. The van der Waals surface area contributed by atoms with E-state index in [1.165, 1.54) is 29.2 Å². The van der Waals surface area contributed by atoms with Crippen molar-refractivity contribution in [2.24, 2.45) is 5.73 Å². The number of hydrogen-bond donors (Lipinski definition) is 2. The van der Waals surface area contributed by atoms with Gasteiger partial charge >= 0.3 is 0 Å². The van der Waals surface area contributed by atoms with Gasteiger partial charge < -0.3 is 20.4 Å². The summed E-state index contributed by atoms with van der Waals surface area (Å²) >= 11 is 0. The average Bonchev–Trinajstić information content (AvgIpc) is 3.19. The Bertz CT molecular complexity index is 1400. The number of para-hydroxylation sites is 2. The van der Waals surface area contributed by atoms with Gasteiger partial charge in [0.1, 0.15) is 17.4 Å². The number of ether oxygens (including phenoxy) is 1. The number of aryl methyl sites for hydroxylation is 1. The summed E-state index contributed by atoms with van der Waals surface area (Å²) in [7, 11) is 0. The Kier molecular flexibility index (Phi) is 5.49. The minimum Gasteiger partial charge on any atom is -0.477 e. The van der Waals surface area contributed by atoms with Crippen LogP contribution in [0, 0.1) is 11.6 Å². The highest BCUT2D eigenvalue weighted by atomic mass is 19.1. The number of amides is 2. The Balaban J connectivity index is 1.47. The molecule has 8 heteroatoms. The highest BCUT2D eigenvalue weighted by molar-refractivity contribution is 5.98. The van der Waals surface area contributed by atoms with E-state index in [1.807, 2.05) is 0 Å². The zero-order chi connectivity index (χ0) is 23.8. The average molecular weight is 461 g/mol. The molecule has 1 aliphatic heterocycles. The van der Waals surface area contributed by atoms with Crippen LogP contribution in [0.15, 0.2) is 66.7 Å². The van der Waals surface area contributed by atoms with Crippen molar-refractivity contribution in [2.75, 3.05) is 11.4 Å². The number of benzene rings is 3. The molecule has 2 heterocycles. The van der Waals surface area contributed by atoms with Crippen molar-refractivity contribution in [3.05, 3.63) is 83.9 Å². The molecule has 6 nitrogen and oxygen atoms in total. The number of nitrogens with two attached hydrogens (primary N) is 1. The number of aromatic nitrogens is 1. The first kappa shape index (κ1) is 21.6. The molecule has 0 spiro atoms. The number of carbonyl (C=O) groups excluding carboxylic acids is 2. The molecule has 0 radical (unpaired) electrons. The second-order valence-electron chi connectivity index (χ2n) is 8.16. The van der Waals surface area contributed by atoms with E-state index >= 15 is 0 Å². The Morgan fingerprint density at radius 1 is 1.03 bits per heavy atom. The number of halogens is 2. The first-order valence-electron chi connectivity index (χ1n) is 10.8. The lowest BCUT2D eigenvalue weighted by atomic mass is 10.0. The molecule has 5 rings (SSSR count). The van der Waals surface area contributed by atoms with Gasteiger partial charge in [-0.1, -0.05) is 12.1 Å². The molecule has 1 atom stereocenters. The van der Waals surface area contributed by atoms with Crippen molar-refractivity contribution in [3.63, 3.8) is 0 Å². The molecule has 0 saturated heterocycles. The molecule has 1 aromatic heterocycles. The number of H-pyrrole nitrogens is 1. The van der Waals surface area contributed by atoms with Crippen LogP contribution in [0.5, 0.6) is 5.75 Å². The topological polar surface area (TPSA) is 88.4 Å². The highest BCUT2D eigenvalue weighted by Crippen LogP contribution is 2.35. The lowest BCUT2D eigenvalue weighted by Crippen LogP contribution is -2.49. The van der Waals surface area contributed by atoms with Gasteiger partial charge in [0.05, 0.1) is 12.2 Å². The number of carbonyl (C=O) groups is 2. The minimum absolute atomic E-state index is 0.0124. The molecule has 1 aliphatic rings. The van der Waals surface area contributed by atoms with Gasteiger partial charge in [-0.05, 0) is 72.1 Å². The standard InChI is InChI=1S/C26H21F2N3O3/c27-16-7-5-15(6-8-16)25-18(19-13-17(28)9-11-20(19)30-25)10-12-24(32)31-14-23(26(29)33)34-22-4-2-1-3-21(22)31/h1-9,11,13,23,30H,10,12,14H2,(H2,29,33)/t23-/m1/s1. The second kappa shape index (κ2) is 8.62. The Morgan fingerprint density at radius 3 is 2.53 bits per heavy atom. The second-order valence-corrected chi connectivity index (χ2v) is 8.16. The molecule has 2 amide bonds. The number of anilines is 1.